The zero-order valence-corrected chi connectivity index (χ0v) is 20.5. The number of aryl methyl sites for hydroxylation is 1. The molecule has 0 N–H and O–H groups in total. The van der Waals surface area contributed by atoms with E-state index in [9.17, 15) is 8.42 Å². The van der Waals surface area contributed by atoms with E-state index in [1.807, 2.05) is 33.8 Å². The molecular weight excluding hydrogens is 454 g/mol. The molecule has 32 heavy (non-hydrogen) atoms. The van der Waals surface area contributed by atoms with Crippen molar-refractivity contribution in [3.8, 4) is 11.5 Å². The summed E-state index contributed by atoms with van der Waals surface area (Å²) in [4.78, 5) is 8.38. The fraction of sp³-hybridized carbons (Fsp3) is 0.550. The molecule has 0 radical (unpaired) electrons. The highest BCUT2D eigenvalue weighted by molar-refractivity contribution is 7.91. The Bertz CT molecular complexity index is 1160. The van der Waals surface area contributed by atoms with Crippen molar-refractivity contribution in [2.24, 2.45) is 7.05 Å². The van der Waals surface area contributed by atoms with Gasteiger partial charge < -0.3 is 9.30 Å². The number of hydrogen-bond acceptors (Lipinski definition) is 8. The molecule has 12 heteroatoms. The largest absolute Gasteiger partial charge is 0.366 e. The molecule has 0 aliphatic carbocycles. The Kier molecular flexibility index (Phi) is 7.31. The van der Waals surface area contributed by atoms with Gasteiger partial charge in [0.25, 0.3) is 0 Å². The van der Waals surface area contributed by atoms with Crippen molar-refractivity contribution >= 4 is 21.4 Å². The van der Waals surface area contributed by atoms with Gasteiger partial charge in [0.15, 0.2) is 21.5 Å². The Labute approximate surface area is 192 Å². The van der Waals surface area contributed by atoms with Crippen LogP contribution in [-0.4, -0.2) is 54.3 Å². The van der Waals surface area contributed by atoms with E-state index in [2.05, 4.69) is 25.3 Å². The van der Waals surface area contributed by atoms with Crippen molar-refractivity contribution < 1.29 is 13.2 Å². The lowest BCUT2D eigenvalue weighted by molar-refractivity contribution is 0.00142. The van der Waals surface area contributed by atoms with Gasteiger partial charge in [-0.3, -0.25) is 4.68 Å². The van der Waals surface area contributed by atoms with E-state index >= 15 is 0 Å². The SMILES string of the molecule is CC(C)O[C@@H](c1ncc(Cl)cn1)[C@H](C)S(=O)(=O)Cc1nnc(-c2ccn(C)n2)n1C(C)C. The minimum Gasteiger partial charge on any atom is -0.366 e. The number of aromatic nitrogens is 7. The molecule has 10 nitrogen and oxygen atoms in total. The van der Waals surface area contributed by atoms with Crippen molar-refractivity contribution in [2.75, 3.05) is 0 Å². The smallest absolute Gasteiger partial charge is 0.184 e. The first kappa shape index (κ1) is 24.3. The first-order chi connectivity index (χ1) is 15.0. The molecule has 0 aromatic carbocycles. The average molecular weight is 482 g/mol. The van der Waals surface area contributed by atoms with Gasteiger partial charge in [0.05, 0.1) is 16.4 Å². The van der Waals surface area contributed by atoms with Crippen LogP contribution in [0.4, 0.5) is 0 Å². The second-order valence-electron chi connectivity index (χ2n) is 8.16. The number of sulfone groups is 1. The third-order valence-electron chi connectivity index (χ3n) is 4.86. The summed E-state index contributed by atoms with van der Waals surface area (Å²) in [5.41, 5.74) is 0.626. The minimum absolute atomic E-state index is 0.0650. The molecule has 3 aromatic rings. The van der Waals surface area contributed by atoms with Crippen LogP contribution in [-0.2, 0) is 27.4 Å². The summed E-state index contributed by atoms with van der Waals surface area (Å²) in [6.45, 7) is 9.15. The molecule has 0 aliphatic rings. The number of hydrogen-bond donors (Lipinski definition) is 0. The Balaban J connectivity index is 1.95. The Morgan fingerprint density at radius 1 is 1.09 bits per heavy atom. The topological polar surface area (TPSA) is 118 Å². The molecule has 0 bridgehead atoms. The van der Waals surface area contributed by atoms with Crippen LogP contribution in [0.3, 0.4) is 0 Å². The van der Waals surface area contributed by atoms with Crippen LogP contribution in [0, 0.1) is 0 Å². The van der Waals surface area contributed by atoms with Gasteiger partial charge >= 0.3 is 0 Å². The third kappa shape index (κ3) is 5.33. The standard InChI is InChI=1S/C20H28ClN7O3S/c1-12(2)28-17(24-25-20(28)16-7-8-27(6)26-16)11-32(29,30)14(5)18(31-13(3)4)19-22-9-15(21)10-23-19/h7-10,12-14,18H,11H2,1-6H3/t14-,18+/m0/s1. The predicted molar refractivity (Wildman–Crippen MR) is 121 cm³/mol. The molecule has 0 saturated heterocycles. The van der Waals surface area contributed by atoms with Gasteiger partial charge in [-0.1, -0.05) is 11.6 Å². The van der Waals surface area contributed by atoms with Gasteiger partial charge in [-0.2, -0.15) is 5.10 Å². The number of ether oxygens (including phenoxy) is 1. The summed E-state index contributed by atoms with van der Waals surface area (Å²) < 4.78 is 36.2. The lowest BCUT2D eigenvalue weighted by Gasteiger charge is -2.25. The Morgan fingerprint density at radius 2 is 1.75 bits per heavy atom. The molecule has 174 valence electrons. The van der Waals surface area contributed by atoms with E-state index in [0.717, 1.165) is 0 Å². The molecular formula is C20H28ClN7O3S. The molecule has 2 atom stereocenters. The van der Waals surface area contributed by atoms with Crippen LogP contribution < -0.4 is 0 Å². The molecule has 0 unspecified atom stereocenters. The van der Waals surface area contributed by atoms with Gasteiger partial charge in [0, 0.05) is 31.7 Å². The molecule has 3 rings (SSSR count). The van der Waals surface area contributed by atoms with Crippen molar-refractivity contribution in [2.45, 2.75) is 63.9 Å². The van der Waals surface area contributed by atoms with Crippen molar-refractivity contribution in [1.29, 1.82) is 0 Å². The number of halogens is 1. The molecule has 0 fully saturated rings. The molecule has 3 heterocycles. The lowest BCUT2D eigenvalue weighted by atomic mass is 10.2. The van der Waals surface area contributed by atoms with Crippen LogP contribution >= 0.6 is 11.6 Å². The summed E-state index contributed by atoms with van der Waals surface area (Å²) in [5, 5.41) is 12.2. The summed E-state index contributed by atoms with van der Waals surface area (Å²) in [5.74, 6) is 0.818. The van der Waals surface area contributed by atoms with E-state index in [4.69, 9.17) is 16.3 Å². The Hall–Kier alpha value is -2.37. The van der Waals surface area contributed by atoms with Crippen LogP contribution in [0.15, 0.2) is 24.7 Å². The molecule has 0 amide bonds. The maximum atomic E-state index is 13.4. The summed E-state index contributed by atoms with van der Waals surface area (Å²) in [6.07, 6.45) is 3.56. The predicted octanol–water partition coefficient (Wildman–Crippen LogP) is 3.17. The molecule has 0 saturated carbocycles. The van der Waals surface area contributed by atoms with Gasteiger partial charge in [-0.25, -0.2) is 18.4 Å². The lowest BCUT2D eigenvalue weighted by Crippen LogP contribution is -2.32. The fourth-order valence-electron chi connectivity index (χ4n) is 3.32. The summed E-state index contributed by atoms with van der Waals surface area (Å²) in [7, 11) is -1.92. The Morgan fingerprint density at radius 3 is 2.28 bits per heavy atom. The van der Waals surface area contributed by atoms with Crippen molar-refractivity contribution in [1.82, 2.24) is 34.5 Å². The van der Waals surface area contributed by atoms with Crippen molar-refractivity contribution in [3.63, 3.8) is 0 Å². The third-order valence-corrected chi connectivity index (χ3v) is 7.10. The van der Waals surface area contributed by atoms with Gasteiger partial charge in [-0.15, -0.1) is 10.2 Å². The zero-order valence-electron chi connectivity index (χ0n) is 19.0. The second-order valence-corrected chi connectivity index (χ2v) is 10.9. The van der Waals surface area contributed by atoms with E-state index in [0.29, 0.717) is 22.4 Å². The highest BCUT2D eigenvalue weighted by Gasteiger charge is 2.36. The highest BCUT2D eigenvalue weighted by atomic mass is 35.5. The number of nitrogens with zero attached hydrogens (tertiary/aromatic N) is 7. The van der Waals surface area contributed by atoms with Crippen LogP contribution in [0.1, 0.15) is 58.4 Å². The van der Waals surface area contributed by atoms with E-state index in [1.165, 1.54) is 12.4 Å². The average Bonchev–Trinajstić information content (AvgIpc) is 3.32. The van der Waals surface area contributed by atoms with E-state index < -0.39 is 21.2 Å². The molecule has 0 aliphatic heterocycles. The summed E-state index contributed by atoms with van der Waals surface area (Å²) >= 11 is 5.89. The first-order valence-electron chi connectivity index (χ1n) is 10.3. The van der Waals surface area contributed by atoms with Gasteiger partial charge in [-0.05, 0) is 40.7 Å². The van der Waals surface area contributed by atoms with E-state index in [-0.39, 0.29) is 23.7 Å². The minimum atomic E-state index is -3.72. The van der Waals surface area contributed by atoms with Crippen LogP contribution in [0.2, 0.25) is 5.02 Å². The number of rotatable bonds is 9. The maximum Gasteiger partial charge on any atom is 0.184 e. The maximum absolute atomic E-state index is 13.4. The fourth-order valence-corrected chi connectivity index (χ4v) is 4.80. The molecule has 3 aromatic heterocycles. The highest BCUT2D eigenvalue weighted by Crippen LogP contribution is 2.29. The van der Waals surface area contributed by atoms with Crippen molar-refractivity contribution in [3.05, 3.63) is 41.3 Å². The normalized spacial score (nSPS) is 14.3. The van der Waals surface area contributed by atoms with Gasteiger partial charge in [0.2, 0.25) is 0 Å². The quantitative estimate of drug-likeness (QED) is 0.457. The van der Waals surface area contributed by atoms with E-state index in [1.54, 1.807) is 29.4 Å². The second kappa shape index (κ2) is 9.63. The summed E-state index contributed by atoms with van der Waals surface area (Å²) in [6, 6.07) is 1.75. The van der Waals surface area contributed by atoms with Gasteiger partial charge in [0.1, 0.15) is 23.4 Å². The van der Waals surface area contributed by atoms with Crippen LogP contribution in [0.5, 0.6) is 0 Å². The van der Waals surface area contributed by atoms with Crippen LogP contribution in [0.25, 0.3) is 11.5 Å². The first-order valence-corrected chi connectivity index (χ1v) is 12.4. The molecule has 0 spiro atoms. The zero-order chi connectivity index (χ0) is 23.6. The monoisotopic (exact) mass is 481 g/mol.